The van der Waals surface area contributed by atoms with Gasteiger partial charge in [0.2, 0.25) is 5.91 Å². The molecule has 2 saturated heterocycles. The van der Waals surface area contributed by atoms with Gasteiger partial charge in [0.25, 0.3) is 10.0 Å². The van der Waals surface area contributed by atoms with Gasteiger partial charge in [-0.1, -0.05) is 6.92 Å². The topological polar surface area (TPSA) is 82.6 Å². The minimum Gasteiger partial charge on any atom is -0.311 e. The lowest BCUT2D eigenvalue weighted by Crippen LogP contribution is -2.45. The van der Waals surface area contributed by atoms with E-state index in [0.29, 0.717) is 11.5 Å². The second kappa shape index (κ2) is 7.81. The Kier molecular flexibility index (Phi) is 5.39. The summed E-state index contributed by atoms with van der Waals surface area (Å²) in [5.74, 6) is 0.852. The Morgan fingerprint density at radius 2 is 1.82 bits per heavy atom. The van der Waals surface area contributed by atoms with E-state index in [1.165, 1.54) is 17.5 Å². The first-order valence-corrected chi connectivity index (χ1v) is 11.9. The van der Waals surface area contributed by atoms with Gasteiger partial charge in [0.05, 0.1) is 22.6 Å². The predicted octanol–water partition coefficient (Wildman–Crippen LogP) is 2.78. The first-order chi connectivity index (χ1) is 13.4. The predicted molar refractivity (Wildman–Crippen MR) is 110 cm³/mol. The number of nitrogens with one attached hydrogen (secondary N) is 1. The van der Waals surface area contributed by atoms with Gasteiger partial charge in [-0.05, 0) is 62.5 Å². The van der Waals surface area contributed by atoms with Gasteiger partial charge in [-0.15, -0.1) is 11.3 Å². The molecule has 3 heterocycles. The zero-order chi connectivity index (χ0) is 19.7. The molecular formula is C19H24N4O3S2. The Balaban J connectivity index is 1.45. The first-order valence-electron chi connectivity index (χ1n) is 9.51. The summed E-state index contributed by atoms with van der Waals surface area (Å²) in [5.41, 5.74) is 2.31. The monoisotopic (exact) mass is 420 g/mol. The number of aromatic nitrogens is 1. The maximum absolute atomic E-state index is 12.9. The van der Waals surface area contributed by atoms with Crippen molar-refractivity contribution in [3.8, 4) is 0 Å². The molecule has 1 N–H and O–H groups in total. The van der Waals surface area contributed by atoms with Crippen molar-refractivity contribution in [1.82, 2.24) is 9.88 Å². The molecule has 0 unspecified atom stereocenters. The SMILES string of the molecule is CC1CCN([C@H]2CCN(c3ccc(S(=O)(=O)Nc4cncs4)cc3)C2=O)CC1. The van der Waals surface area contributed by atoms with E-state index < -0.39 is 10.0 Å². The normalized spacial score (nSPS) is 22.0. The molecule has 2 aliphatic heterocycles. The van der Waals surface area contributed by atoms with Crippen LogP contribution in [-0.2, 0) is 14.8 Å². The minimum absolute atomic E-state index is 0.0519. The van der Waals surface area contributed by atoms with Gasteiger partial charge in [-0.3, -0.25) is 19.4 Å². The number of rotatable bonds is 5. The number of anilines is 2. The quantitative estimate of drug-likeness (QED) is 0.804. The van der Waals surface area contributed by atoms with Crippen molar-refractivity contribution in [1.29, 1.82) is 0 Å². The van der Waals surface area contributed by atoms with Crippen LogP contribution in [0.1, 0.15) is 26.2 Å². The van der Waals surface area contributed by atoms with E-state index in [0.717, 1.165) is 44.0 Å². The van der Waals surface area contributed by atoms with Crippen LogP contribution in [0.25, 0.3) is 0 Å². The Bertz CT molecular complexity index is 921. The summed E-state index contributed by atoms with van der Waals surface area (Å²) in [6.45, 7) is 4.89. The first kappa shape index (κ1) is 19.4. The number of hydrogen-bond acceptors (Lipinski definition) is 6. The summed E-state index contributed by atoms with van der Waals surface area (Å²) >= 11 is 1.22. The maximum Gasteiger partial charge on any atom is 0.262 e. The number of carbonyl (C=O) groups excluding carboxylic acids is 1. The molecule has 1 aromatic carbocycles. The summed E-state index contributed by atoms with van der Waals surface area (Å²) in [5, 5.41) is 0.470. The molecule has 150 valence electrons. The molecule has 7 nitrogen and oxygen atoms in total. The smallest absolute Gasteiger partial charge is 0.262 e. The number of carbonyl (C=O) groups is 1. The molecule has 4 rings (SSSR count). The summed E-state index contributed by atoms with van der Waals surface area (Å²) in [6.07, 6.45) is 4.58. The lowest BCUT2D eigenvalue weighted by molar-refractivity contribution is -0.122. The number of sulfonamides is 1. The molecule has 0 radical (unpaired) electrons. The number of piperidine rings is 1. The van der Waals surface area contributed by atoms with E-state index in [9.17, 15) is 13.2 Å². The van der Waals surface area contributed by atoms with Crippen molar-refractivity contribution in [2.45, 2.75) is 37.1 Å². The van der Waals surface area contributed by atoms with Crippen LogP contribution in [0.3, 0.4) is 0 Å². The third-order valence-corrected chi connectivity index (χ3v) is 7.76. The number of nitrogens with zero attached hydrogens (tertiary/aromatic N) is 3. The maximum atomic E-state index is 12.9. The minimum atomic E-state index is -3.66. The van der Waals surface area contributed by atoms with Gasteiger partial charge in [0.15, 0.2) is 0 Å². The standard InChI is InChI=1S/C19H24N4O3S2/c1-14-6-9-22(10-7-14)17-8-11-23(19(17)24)15-2-4-16(5-3-15)28(25,26)21-18-12-20-13-27-18/h2-5,12-14,17,21H,6-11H2,1H3/t17-/m0/s1. The van der Waals surface area contributed by atoms with E-state index in [-0.39, 0.29) is 16.8 Å². The second-order valence-corrected chi connectivity index (χ2v) is 10.0. The van der Waals surface area contributed by atoms with Crippen molar-refractivity contribution < 1.29 is 13.2 Å². The Morgan fingerprint density at radius 3 is 2.46 bits per heavy atom. The zero-order valence-corrected chi connectivity index (χ0v) is 17.4. The van der Waals surface area contributed by atoms with Crippen LogP contribution < -0.4 is 9.62 Å². The Morgan fingerprint density at radius 1 is 1.11 bits per heavy atom. The number of amides is 1. The molecule has 0 bridgehead atoms. The van der Waals surface area contributed by atoms with E-state index in [1.54, 1.807) is 34.7 Å². The van der Waals surface area contributed by atoms with Gasteiger partial charge < -0.3 is 4.90 Å². The molecular weight excluding hydrogens is 396 g/mol. The molecule has 0 aliphatic carbocycles. The van der Waals surface area contributed by atoms with Gasteiger partial charge in [-0.2, -0.15) is 0 Å². The summed E-state index contributed by atoms with van der Waals surface area (Å²) in [7, 11) is -3.66. The highest BCUT2D eigenvalue weighted by Crippen LogP contribution is 2.28. The lowest BCUT2D eigenvalue weighted by Gasteiger charge is -2.33. The molecule has 2 fully saturated rings. The van der Waals surface area contributed by atoms with Gasteiger partial charge in [0.1, 0.15) is 5.00 Å². The van der Waals surface area contributed by atoms with Crippen LogP contribution in [-0.4, -0.2) is 49.9 Å². The number of likely N-dealkylation sites (tertiary alicyclic amines) is 1. The Labute approximate surface area is 169 Å². The van der Waals surface area contributed by atoms with Gasteiger partial charge in [0, 0.05) is 12.2 Å². The van der Waals surface area contributed by atoms with E-state index >= 15 is 0 Å². The summed E-state index contributed by atoms with van der Waals surface area (Å²) < 4.78 is 27.4. The van der Waals surface area contributed by atoms with Crippen molar-refractivity contribution in [3.05, 3.63) is 36.0 Å². The third-order valence-electron chi connectivity index (χ3n) is 5.56. The van der Waals surface area contributed by atoms with Crippen LogP contribution in [0.15, 0.2) is 40.9 Å². The van der Waals surface area contributed by atoms with E-state index in [4.69, 9.17) is 0 Å². The summed E-state index contributed by atoms with van der Waals surface area (Å²) in [6, 6.07) is 6.45. The van der Waals surface area contributed by atoms with E-state index in [1.807, 2.05) is 0 Å². The van der Waals surface area contributed by atoms with Crippen molar-refractivity contribution in [3.63, 3.8) is 0 Å². The lowest BCUT2D eigenvalue weighted by atomic mass is 9.97. The van der Waals surface area contributed by atoms with Crippen LogP contribution in [0.5, 0.6) is 0 Å². The third kappa shape index (κ3) is 3.92. The molecule has 0 saturated carbocycles. The molecule has 1 aromatic heterocycles. The van der Waals surface area contributed by atoms with Crippen molar-refractivity contribution in [2.24, 2.45) is 5.92 Å². The fraction of sp³-hybridized carbons (Fsp3) is 0.474. The second-order valence-electron chi connectivity index (χ2n) is 7.48. The largest absolute Gasteiger partial charge is 0.311 e. The Hall–Kier alpha value is -1.97. The fourth-order valence-electron chi connectivity index (χ4n) is 3.86. The van der Waals surface area contributed by atoms with Crippen LogP contribution in [0.2, 0.25) is 0 Å². The number of benzene rings is 1. The molecule has 2 aromatic rings. The highest BCUT2D eigenvalue weighted by Gasteiger charge is 2.37. The van der Waals surface area contributed by atoms with Crippen LogP contribution >= 0.6 is 11.3 Å². The van der Waals surface area contributed by atoms with Gasteiger partial charge >= 0.3 is 0 Å². The highest BCUT2D eigenvalue weighted by atomic mass is 32.2. The van der Waals surface area contributed by atoms with Crippen molar-refractivity contribution in [2.75, 3.05) is 29.3 Å². The molecule has 2 aliphatic rings. The molecule has 0 spiro atoms. The highest BCUT2D eigenvalue weighted by molar-refractivity contribution is 7.93. The van der Waals surface area contributed by atoms with Gasteiger partial charge in [-0.25, -0.2) is 8.42 Å². The molecule has 28 heavy (non-hydrogen) atoms. The zero-order valence-electron chi connectivity index (χ0n) is 15.7. The average molecular weight is 421 g/mol. The number of thiazole rings is 1. The van der Waals surface area contributed by atoms with E-state index in [2.05, 4.69) is 21.5 Å². The number of hydrogen-bond donors (Lipinski definition) is 1. The fourth-order valence-corrected chi connectivity index (χ4v) is 5.67. The molecule has 9 heteroatoms. The van der Waals surface area contributed by atoms with Crippen LogP contribution in [0.4, 0.5) is 10.7 Å². The molecule has 1 amide bonds. The molecule has 1 atom stereocenters. The average Bonchev–Trinajstić information content (AvgIpc) is 3.32. The van der Waals surface area contributed by atoms with Crippen molar-refractivity contribution >= 4 is 38.0 Å². The summed E-state index contributed by atoms with van der Waals surface area (Å²) in [4.78, 5) is 21.0. The van der Waals surface area contributed by atoms with Crippen LogP contribution in [0, 0.1) is 5.92 Å².